The molecule has 1 amide bonds. The van der Waals surface area contributed by atoms with Gasteiger partial charge in [0.2, 0.25) is 0 Å². The summed E-state index contributed by atoms with van der Waals surface area (Å²) in [4.78, 5) is 25.7. The van der Waals surface area contributed by atoms with E-state index < -0.39 is 28.3 Å². The predicted octanol–water partition coefficient (Wildman–Crippen LogP) is 1.69. The van der Waals surface area contributed by atoms with Crippen LogP contribution in [0.2, 0.25) is 0 Å². The van der Waals surface area contributed by atoms with Crippen molar-refractivity contribution in [3.8, 4) is 11.5 Å². The number of amides is 1. The van der Waals surface area contributed by atoms with Gasteiger partial charge in [0.05, 0.1) is 25.2 Å². The minimum atomic E-state index is -3.10. The largest absolute Gasteiger partial charge is 0.493 e. The Morgan fingerprint density at radius 2 is 2.00 bits per heavy atom. The van der Waals surface area contributed by atoms with E-state index in [0.29, 0.717) is 36.6 Å². The van der Waals surface area contributed by atoms with Gasteiger partial charge in [-0.3, -0.25) is 4.79 Å². The van der Waals surface area contributed by atoms with Crippen molar-refractivity contribution < 1.29 is 32.2 Å². The molecule has 9 heteroatoms. The van der Waals surface area contributed by atoms with Gasteiger partial charge < -0.3 is 19.1 Å². The molecule has 1 heterocycles. The normalized spacial score (nSPS) is 17.8. The number of rotatable bonds is 9. The Morgan fingerprint density at radius 1 is 1.24 bits per heavy atom. The molecule has 1 aromatic rings. The van der Waals surface area contributed by atoms with E-state index in [1.165, 1.54) is 18.1 Å². The zero-order valence-corrected chi connectivity index (χ0v) is 17.7. The number of nitrogens with zero attached hydrogens (tertiary/aromatic N) is 1. The van der Waals surface area contributed by atoms with Gasteiger partial charge in [0.1, 0.15) is 0 Å². The summed E-state index contributed by atoms with van der Waals surface area (Å²) in [5.74, 6) is 0.118. The number of carbonyl (C=O) groups is 2. The van der Waals surface area contributed by atoms with Gasteiger partial charge in [0, 0.05) is 18.7 Å². The third-order valence-electron chi connectivity index (χ3n) is 4.55. The van der Waals surface area contributed by atoms with Crippen LogP contribution in [0.3, 0.4) is 0 Å². The lowest BCUT2D eigenvalue weighted by atomic mass is 10.2. The summed E-state index contributed by atoms with van der Waals surface area (Å²) in [6, 6.07) is 4.87. The van der Waals surface area contributed by atoms with E-state index in [4.69, 9.17) is 14.2 Å². The number of ether oxygens (including phenoxy) is 3. The Balaban J connectivity index is 1.91. The molecule has 1 fully saturated rings. The first-order valence-corrected chi connectivity index (χ1v) is 11.3. The van der Waals surface area contributed by atoms with Gasteiger partial charge in [0.15, 0.2) is 27.9 Å². The fraction of sp³-hybridized carbons (Fsp3) is 0.500. The van der Waals surface area contributed by atoms with Crippen LogP contribution in [-0.4, -0.2) is 69.6 Å². The molecule has 0 unspecified atom stereocenters. The Kier molecular flexibility index (Phi) is 8.07. The number of likely N-dealkylation sites (N-methyl/N-ethyl adjacent to an activating group) is 1. The smallest absolute Gasteiger partial charge is 0.331 e. The molecule has 1 aromatic carbocycles. The predicted molar refractivity (Wildman–Crippen MR) is 109 cm³/mol. The first kappa shape index (κ1) is 22.7. The van der Waals surface area contributed by atoms with Crippen molar-refractivity contribution in [1.82, 2.24) is 4.90 Å². The zero-order chi connectivity index (χ0) is 21.4. The standard InChI is InChI=1S/C20H27NO7S/c1-4-21(16-10-11-29(24,25)14-16)19(22)13-28-20(23)9-7-15-6-8-17(27-5-2)18(12-15)26-3/h6-9,12,16H,4-5,10-11,13-14H2,1-3H3/b9-7+/t16-/m1/s1. The fourth-order valence-corrected chi connectivity index (χ4v) is 4.88. The quantitative estimate of drug-likeness (QED) is 0.438. The Bertz CT molecular complexity index is 864. The summed E-state index contributed by atoms with van der Waals surface area (Å²) in [5, 5.41) is 0. The molecule has 0 radical (unpaired) electrons. The van der Waals surface area contributed by atoms with Gasteiger partial charge in [-0.15, -0.1) is 0 Å². The molecule has 1 aliphatic rings. The number of sulfone groups is 1. The van der Waals surface area contributed by atoms with E-state index in [1.807, 2.05) is 6.92 Å². The molecule has 0 saturated carbocycles. The van der Waals surface area contributed by atoms with Crippen molar-refractivity contribution in [3.05, 3.63) is 29.8 Å². The molecule has 2 rings (SSSR count). The molecular formula is C20H27NO7S. The Morgan fingerprint density at radius 3 is 2.59 bits per heavy atom. The van der Waals surface area contributed by atoms with E-state index in [-0.39, 0.29) is 17.5 Å². The van der Waals surface area contributed by atoms with Crippen LogP contribution >= 0.6 is 0 Å². The third-order valence-corrected chi connectivity index (χ3v) is 6.30. The summed E-state index contributed by atoms with van der Waals surface area (Å²) in [5.41, 5.74) is 0.708. The molecule has 0 spiro atoms. The van der Waals surface area contributed by atoms with E-state index in [1.54, 1.807) is 31.2 Å². The summed E-state index contributed by atoms with van der Waals surface area (Å²) in [7, 11) is -1.57. The monoisotopic (exact) mass is 425 g/mol. The number of benzene rings is 1. The number of hydrogen-bond donors (Lipinski definition) is 0. The van der Waals surface area contributed by atoms with E-state index in [9.17, 15) is 18.0 Å². The van der Waals surface area contributed by atoms with Crippen LogP contribution in [0.25, 0.3) is 6.08 Å². The summed E-state index contributed by atoms with van der Waals surface area (Å²) in [6.07, 6.45) is 3.18. The minimum absolute atomic E-state index is 0.0417. The number of hydrogen-bond acceptors (Lipinski definition) is 7. The average molecular weight is 426 g/mol. The van der Waals surface area contributed by atoms with Gasteiger partial charge in [-0.05, 0) is 44.0 Å². The first-order chi connectivity index (χ1) is 13.8. The first-order valence-electron chi connectivity index (χ1n) is 9.45. The van der Waals surface area contributed by atoms with Crippen LogP contribution in [0.4, 0.5) is 0 Å². The molecule has 8 nitrogen and oxygen atoms in total. The van der Waals surface area contributed by atoms with Crippen molar-refractivity contribution in [1.29, 1.82) is 0 Å². The highest BCUT2D eigenvalue weighted by molar-refractivity contribution is 7.91. The summed E-state index contributed by atoms with van der Waals surface area (Å²) in [6.45, 7) is 4.08. The maximum absolute atomic E-state index is 12.3. The number of carbonyl (C=O) groups excluding carboxylic acids is 2. The second kappa shape index (κ2) is 10.3. The molecule has 0 aliphatic carbocycles. The lowest BCUT2D eigenvalue weighted by Crippen LogP contribution is -2.43. The van der Waals surface area contributed by atoms with Gasteiger partial charge in [-0.25, -0.2) is 13.2 Å². The molecule has 29 heavy (non-hydrogen) atoms. The van der Waals surface area contributed by atoms with Gasteiger partial charge in [-0.2, -0.15) is 0 Å². The van der Waals surface area contributed by atoms with Crippen LogP contribution < -0.4 is 9.47 Å². The fourth-order valence-electron chi connectivity index (χ4n) is 3.15. The zero-order valence-electron chi connectivity index (χ0n) is 16.9. The number of esters is 1. The molecule has 160 valence electrons. The SMILES string of the molecule is CCOc1ccc(/C=C/C(=O)OCC(=O)N(CC)[C@@H]2CCS(=O)(=O)C2)cc1OC. The maximum atomic E-state index is 12.3. The topological polar surface area (TPSA) is 99.2 Å². The van der Waals surface area contributed by atoms with Gasteiger partial charge in [0.25, 0.3) is 5.91 Å². The summed E-state index contributed by atoms with van der Waals surface area (Å²) >= 11 is 0. The highest BCUT2D eigenvalue weighted by Crippen LogP contribution is 2.28. The van der Waals surface area contributed by atoms with Crippen LogP contribution in [0.15, 0.2) is 24.3 Å². The van der Waals surface area contributed by atoms with E-state index in [2.05, 4.69) is 0 Å². The van der Waals surface area contributed by atoms with E-state index >= 15 is 0 Å². The van der Waals surface area contributed by atoms with Crippen molar-refractivity contribution in [3.63, 3.8) is 0 Å². The summed E-state index contributed by atoms with van der Waals surface area (Å²) < 4.78 is 39.0. The third kappa shape index (κ3) is 6.49. The average Bonchev–Trinajstić information content (AvgIpc) is 3.05. The highest BCUT2D eigenvalue weighted by Gasteiger charge is 2.34. The Labute approximate surface area is 171 Å². The molecular weight excluding hydrogens is 398 g/mol. The van der Waals surface area contributed by atoms with Crippen molar-refractivity contribution >= 4 is 27.8 Å². The van der Waals surface area contributed by atoms with Crippen molar-refractivity contribution in [2.75, 3.05) is 38.4 Å². The van der Waals surface area contributed by atoms with Gasteiger partial charge in [-0.1, -0.05) is 6.07 Å². The molecule has 1 saturated heterocycles. The van der Waals surface area contributed by atoms with Crippen molar-refractivity contribution in [2.24, 2.45) is 0 Å². The van der Waals surface area contributed by atoms with Gasteiger partial charge >= 0.3 is 5.97 Å². The molecule has 0 aromatic heterocycles. The second-order valence-corrected chi connectivity index (χ2v) is 8.75. The van der Waals surface area contributed by atoms with Crippen LogP contribution in [0.1, 0.15) is 25.8 Å². The van der Waals surface area contributed by atoms with Crippen LogP contribution in [0, 0.1) is 0 Å². The second-order valence-electron chi connectivity index (χ2n) is 6.52. The number of methoxy groups -OCH3 is 1. The lowest BCUT2D eigenvalue weighted by Gasteiger charge is -2.26. The van der Waals surface area contributed by atoms with Crippen LogP contribution in [-0.2, 0) is 24.2 Å². The van der Waals surface area contributed by atoms with Crippen LogP contribution in [0.5, 0.6) is 11.5 Å². The van der Waals surface area contributed by atoms with Crippen molar-refractivity contribution in [2.45, 2.75) is 26.3 Å². The molecule has 1 atom stereocenters. The highest BCUT2D eigenvalue weighted by atomic mass is 32.2. The molecule has 0 N–H and O–H groups in total. The van der Waals surface area contributed by atoms with E-state index in [0.717, 1.165) is 0 Å². The Hall–Kier alpha value is -2.55. The molecule has 1 aliphatic heterocycles. The molecule has 0 bridgehead atoms. The minimum Gasteiger partial charge on any atom is -0.493 e. The maximum Gasteiger partial charge on any atom is 0.331 e. The lowest BCUT2D eigenvalue weighted by molar-refractivity contribution is -0.149.